The first kappa shape index (κ1) is 16.3. The summed E-state index contributed by atoms with van der Waals surface area (Å²) in [5, 5.41) is 0. The summed E-state index contributed by atoms with van der Waals surface area (Å²) in [4.78, 5) is 1.39. The third-order valence-electron chi connectivity index (χ3n) is 4.45. The maximum absolute atomic E-state index is 11.6. The van der Waals surface area contributed by atoms with Crippen molar-refractivity contribution >= 4 is 32.5 Å². The van der Waals surface area contributed by atoms with Crippen molar-refractivity contribution in [2.75, 3.05) is 6.26 Å². The van der Waals surface area contributed by atoms with Gasteiger partial charge in [-0.05, 0) is 60.6 Å². The van der Waals surface area contributed by atoms with Gasteiger partial charge in [-0.15, -0.1) is 0 Å². The van der Waals surface area contributed by atoms with Gasteiger partial charge in [0.25, 0.3) is 0 Å². The number of hydrogen-bond donors (Lipinski definition) is 0. The Balaban J connectivity index is 2.02. The van der Waals surface area contributed by atoms with Gasteiger partial charge in [-0.3, -0.25) is 0 Å². The topological polar surface area (TPSA) is 34.1 Å². The molecule has 1 aromatic carbocycles. The van der Waals surface area contributed by atoms with Crippen LogP contribution < -0.4 is 0 Å². The molecule has 0 unspecified atom stereocenters. The molecule has 0 saturated heterocycles. The van der Waals surface area contributed by atoms with Crippen LogP contribution in [0, 0.1) is 0 Å². The lowest BCUT2D eigenvalue weighted by atomic mass is 9.90. The quantitative estimate of drug-likeness (QED) is 0.747. The van der Waals surface area contributed by atoms with E-state index in [2.05, 4.69) is 19.1 Å². The van der Waals surface area contributed by atoms with Crippen LogP contribution in [0.3, 0.4) is 0 Å². The fraction of sp³-hybridized carbons (Fsp3) is 0.316. The summed E-state index contributed by atoms with van der Waals surface area (Å²) >= 11 is 5.59. The lowest BCUT2D eigenvalue weighted by molar-refractivity contribution is 0.602. The van der Waals surface area contributed by atoms with E-state index >= 15 is 0 Å². The van der Waals surface area contributed by atoms with Crippen molar-refractivity contribution in [2.45, 2.75) is 37.5 Å². The maximum atomic E-state index is 11.6. The Morgan fingerprint density at radius 1 is 1.00 bits per heavy atom. The molecule has 0 aromatic heterocycles. The standard InChI is InChI=1S/C19H20O2S2/c1-13-6-11-18(19(22)12-13)17-5-3-4-16(17)14-7-9-15(10-8-14)23(2,20)21/h6-11H,3-5,12H2,1-2H3. The van der Waals surface area contributed by atoms with E-state index in [-0.39, 0.29) is 0 Å². The van der Waals surface area contributed by atoms with Crippen molar-refractivity contribution < 1.29 is 8.42 Å². The number of rotatable bonds is 3. The number of benzene rings is 1. The lowest BCUT2D eigenvalue weighted by Crippen LogP contribution is -2.07. The zero-order chi connectivity index (χ0) is 16.6. The second-order valence-corrected chi connectivity index (χ2v) is 8.81. The van der Waals surface area contributed by atoms with E-state index in [1.54, 1.807) is 12.1 Å². The molecule has 0 atom stereocenters. The van der Waals surface area contributed by atoms with E-state index in [0.717, 1.165) is 36.1 Å². The van der Waals surface area contributed by atoms with E-state index in [9.17, 15) is 8.42 Å². The highest BCUT2D eigenvalue weighted by atomic mass is 32.2. The summed E-state index contributed by atoms with van der Waals surface area (Å²) in [6, 6.07) is 7.24. The number of thiocarbonyl (C=S) groups is 1. The second kappa shape index (κ2) is 6.17. The Morgan fingerprint density at radius 2 is 1.65 bits per heavy atom. The van der Waals surface area contributed by atoms with Crippen LogP contribution in [0.15, 0.2) is 58.0 Å². The molecule has 2 aliphatic carbocycles. The zero-order valence-corrected chi connectivity index (χ0v) is 15.1. The van der Waals surface area contributed by atoms with Gasteiger partial charge >= 0.3 is 0 Å². The Kier molecular flexibility index (Phi) is 4.39. The highest BCUT2D eigenvalue weighted by Crippen LogP contribution is 2.39. The SMILES string of the molecule is CC1=CC=C(C2=C(c3ccc(S(C)(=O)=O)cc3)CCC2)C(=S)C1. The number of allylic oxidation sites excluding steroid dienone is 6. The zero-order valence-electron chi connectivity index (χ0n) is 13.4. The van der Waals surface area contributed by atoms with E-state index in [4.69, 9.17) is 12.2 Å². The van der Waals surface area contributed by atoms with Crippen LogP contribution in [-0.2, 0) is 9.84 Å². The van der Waals surface area contributed by atoms with E-state index in [1.807, 2.05) is 12.1 Å². The Bertz CT molecular complexity index is 851. The highest BCUT2D eigenvalue weighted by Gasteiger charge is 2.23. The van der Waals surface area contributed by atoms with Gasteiger partial charge < -0.3 is 0 Å². The van der Waals surface area contributed by atoms with E-state index in [1.165, 1.54) is 28.5 Å². The molecule has 0 aliphatic heterocycles. The molecule has 4 heteroatoms. The summed E-state index contributed by atoms with van der Waals surface area (Å²) in [6.45, 7) is 2.10. The van der Waals surface area contributed by atoms with Gasteiger partial charge in [-0.1, -0.05) is 42.1 Å². The van der Waals surface area contributed by atoms with Crippen LogP contribution in [0.2, 0.25) is 0 Å². The molecule has 1 aromatic rings. The smallest absolute Gasteiger partial charge is 0.175 e. The predicted octanol–water partition coefficient (Wildman–Crippen LogP) is 4.67. The Labute approximate surface area is 143 Å². The molecule has 0 bridgehead atoms. The summed E-state index contributed by atoms with van der Waals surface area (Å²) in [5.74, 6) is 0. The minimum Gasteiger partial charge on any atom is -0.224 e. The molecule has 2 aliphatic rings. The van der Waals surface area contributed by atoms with Crippen LogP contribution in [0.1, 0.15) is 38.2 Å². The largest absolute Gasteiger partial charge is 0.224 e. The summed E-state index contributed by atoms with van der Waals surface area (Å²) in [5.41, 5.74) is 6.26. The van der Waals surface area contributed by atoms with Gasteiger partial charge in [0.2, 0.25) is 0 Å². The fourth-order valence-electron chi connectivity index (χ4n) is 3.26. The first-order valence-electron chi connectivity index (χ1n) is 7.80. The fourth-order valence-corrected chi connectivity index (χ4v) is 4.31. The average molecular weight is 345 g/mol. The van der Waals surface area contributed by atoms with E-state index < -0.39 is 9.84 Å². The van der Waals surface area contributed by atoms with Crippen LogP contribution in [0.5, 0.6) is 0 Å². The molecule has 0 radical (unpaired) electrons. The molecular weight excluding hydrogens is 324 g/mol. The first-order valence-corrected chi connectivity index (χ1v) is 10.1. The molecule has 0 amide bonds. The molecule has 0 fully saturated rings. The van der Waals surface area contributed by atoms with Gasteiger partial charge in [-0.2, -0.15) is 0 Å². The highest BCUT2D eigenvalue weighted by molar-refractivity contribution is 7.90. The van der Waals surface area contributed by atoms with Crippen molar-refractivity contribution in [1.29, 1.82) is 0 Å². The first-order chi connectivity index (χ1) is 10.9. The molecule has 0 heterocycles. The predicted molar refractivity (Wildman–Crippen MR) is 99.4 cm³/mol. The minimum atomic E-state index is -3.15. The number of hydrogen-bond acceptors (Lipinski definition) is 3. The van der Waals surface area contributed by atoms with Gasteiger partial charge in [-0.25, -0.2) is 8.42 Å². The van der Waals surface area contributed by atoms with Gasteiger partial charge in [0.1, 0.15) is 0 Å². The molecule has 0 N–H and O–H groups in total. The molecule has 0 saturated carbocycles. The van der Waals surface area contributed by atoms with Gasteiger partial charge in [0, 0.05) is 17.5 Å². The molecule has 120 valence electrons. The monoisotopic (exact) mass is 344 g/mol. The van der Waals surface area contributed by atoms with Gasteiger partial charge in [0.15, 0.2) is 9.84 Å². The molecule has 3 rings (SSSR count). The van der Waals surface area contributed by atoms with Crippen LogP contribution >= 0.6 is 12.2 Å². The summed E-state index contributed by atoms with van der Waals surface area (Å²) < 4.78 is 23.2. The Morgan fingerprint density at radius 3 is 2.26 bits per heavy atom. The summed E-state index contributed by atoms with van der Waals surface area (Å²) in [6.07, 6.45) is 9.60. The third kappa shape index (κ3) is 3.38. The molecule has 0 spiro atoms. The lowest BCUT2D eigenvalue weighted by Gasteiger charge is -2.17. The van der Waals surface area contributed by atoms with Gasteiger partial charge in [0.05, 0.1) is 4.90 Å². The van der Waals surface area contributed by atoms with Crippen LogP contribution in [0.4, 0.5) is 0 Å². The van der Waals surface area contributed by atoms with Crippen molar-refractivity contribution in [1.82, 2.24) is 0 Å². The van der Waals surface area contributed by atoms with Crippen molar-refractivity contribution in [3.05, 3.63) is 58.7 Å². The second-order valence-electron chi connectivity index (χ2n) is 6.30. The third-order valence-corrected chi connectivity index (χ3v) is 5.94. The average Bonchev–Trinajstić information content (AvgIpc) is 2.95. The van der Waals surface area contributed by atoms with Crippen molar-refractivity contribution in [3.63, 3.8) is 0 Å². The maximum Gasteiger partial charge on any atom is 0.175 e. The molecule has 2 nitrogen and oxygen atoms in total. The van der Waals surface area contributed by atoms with Crippen molar-refractivity contribution in [2.24, 2.45) is 0 Å². The molecule has 23 heavy (non-hydrogen) atoms. The molecular formula is C19H20O2S2. The van der Waals surface area contributed by atoms with Crippen LogP contribution in [0.25, 0.3) is 5.57 Å². The van der Waals surface area contributed by atoms with E-state index in [0.29, 0.717) is 4.90 Å². The van der Waals surface area contributed by atoms with Crippen LogP contribution in [-0.4, -0.2) is 19.5 Å². The minimum absolute atomic E-state index is 0.368. The number of sulfone groups is 1. The normalized spacial score (nSPS) is 19.0. The Hall–Kier alpha value is -1.52. The summed E-state index contributed by atoms with van der Waals surface area (Å²) in [7, 11) is -3.15. The van der Waals surface area contributed by atoms with Crippen molar-refractivity contribution in [3.8, 4) is 0 Å².